The van der Waals surface area contributed by atoms with Gasteiger partial charge >= 0.3 is 0 Å². The van der Waals surface area contributed by atoms with E-state index >= 15 is 0 Å². The number of furan rings is 1. The first kappa shape index (κ1) is 10.1. The maximum Gasteiger partial charge on any atom is 0.117 e. The normalized spacial score (nSPS) is 10.7. The second kappa shape index (κ2) is 4.84. The Morgan fingerprint density at radius 3 is 2.93 bits per heavy atom. The predicted molar refractivity (Wildman–Crippen MR) is 59.4 cm³/mol. The van der Waals surface area contributed by atoms with Crippen molar-refractivity contribution in [1.82, 2.24) is 9.88 Å². The van der Waals surface area contributed by atoms with Crippen molar-refractivity contribution >= 4 is 0 Å². The molecular weight excluding hydrogens is 188 g/mol. The molecule has 0 saturated heterocycles. The first-order valence-electron chi connectivity index (χ1n) is 5.27. The average Bonchev–Trinajstić information content (AvgIpc) is 2.88. The second-order valence-electron chi connectivity index (χ2n) is 3.47. The van der Waals surface area contributed by atoms with Crippen LogP contribution in [0.15, 0.2) is 41.1 Å². The highest BCUT2D eigenvalue weighted by molar-refractivity contribution is 5.07. The van der Waals surface area contributed by atoms with E-state index in [-0.39, 0.29) is 0 Å². The molecule has 3 nitrogen and oxygen atoms in total. The standard InChI is InChI=1S/C12H16N2O/c1-2-14-7-3-5-11(14)9-13-10-12-6-4-8-15-12/h3-8,13H,2,9-10H2,1H3. The van der Waals surface area contributed by atoms with Crippen LogP contribution in [0.3, 0.4) is 0 Å². The molecule has 0 aromatic carbocycles. The lowest BCUT2D eigenvalue weighted by Crippen LogP contribution is -2.15. The van der Waals surface area contributed by atoms with Crippen LogP contribution in [0, 0.1) is 0 Å². The summed E-state index contributed by atoms with van der Waals surface area (Å²) < 4.78 is 7.47. The number of rotatable bonds is 5. The minimum atomic E-state index is 0.780. The molecule has 0 bridgehead atoms. The Hall–Kier alpha value is -1.48. The molecule has 2 heterocycles. The van der Waals surface area contributed by atoms with Crippen LogP contribution in [0.2, 0.25) is 0 Å². The van der Waals surface area contributed by atoms with Crippen LogP contribution in [0.25, 0.3) is 0 Å². The molecule has 0 saturated carbocycles. The topological polar surface area (TPSA) is 30.1 Å². The fraction of sp³-hybridized carbons (Fsp3) is 0.333. The summed E-state index contributed by atoms with van der Waals surface area (Å²) in [5.41, 5.74) is 1.31. The van der Waals surface area contributed by atoms with Crippen molar-refractivity contribution in [1.29, 1.82) is 0 Å². The van der Waals surface area contributed by atoms with Gasteiger partial charge in [-0.15, -0.1) is 0 Å². The van der Waals surface area contributed by atoms with Crippen LogP contribution in [0.1, 0.15) is 18.4 Å². The van der Waals surface area contributed by atoms with Gasteiger partial charge in [-0.25, -0.2) is 0 Å². The average molecular weight is 204 g/mol. The van der Waals surface area contributed by atoms with Crippen LogP contribution in [-0.2, 0) is 19.6 Å². The Labute approximate surface area is 89.7 Å². The van der Waals surface area contributed by atoms with E-state index in [9.17, 15) is 0 Å². The number of hydrogen-bond donors (Lipinski definition) is 1. The SMILES string of the molecule is CCn1cccc1CNCc1ccco1. The number of hydrogen-bond acceptors (Lipinski definition) is 2. The van der Waals surface area contributed by atoms with E-state index in [2.05, 4.69) is 35.1 Å². The zero-order chi connectivity index (χ0) is 10.5. The fourth-order valence-corrected chi connectivity index (χ4v) is 1.65. The van der Waals surface area contributed by atoms with Crippen molar-refractivity contribution in [3.8, 4) is 0 Å². The van der Waals surface area contributed by atoms with E-state index in [1.165, 1.54) is 5.69 Å². The van der Waals surface area contributed by atoms with Gasteiger partial charge in [0, 0.05) is 25.0 Å². The van der Waals surface area contributed by atoms with Gasteiger partial charge in [0.1, 0.15) is 5.76 Å². The molecule has 0 aliphatic carbocycles. The smallest absolute Gasteiger partial charge is 0.117 e. The monoisotopic (exact) mass is 204 g/mol. The summed E-state index contributed by atoms with van der Waals surface area (Å²) in [6.07, 6.45) is 3.80. The van der Waals surface area contributed by atoms with Gasteiger partial charge in [-0.05, 0) is 31.2 Å². The molecule has 1 N–H and O–H groups in total. The molecule has 80 valence electrons. The molecular formula is C12H16N2O. The van der Waals surface area contributed by atoms with E-state index in [1.54, 1.807) is 6.26 Å². The number of nitrogens with zero attached hydrogens (tertiary/aromatic N) is 1. The molecule has 2 aromatic heterocycles. The van der Waals surface area contributed by atoms with E-state index in [4.69, 9.17) is 4.42 Å². The quantitative estimate of drug-likeness (QED) is 0.810. The highest BCUT2D eigenvalue weighted by Crippen LogP contribution is 2.03. The van der Waals surface area contributed by atoms with Crippen molar-refractivity contribution in [2.75, 3.05) is 0 Å². The lowest BCUT2D eigenvalue weighted by Gasteiger charge is -2.06. The van der Waals surface area contributed by atoms with E-state index in [1.807, 2.05) is 12.1 Å². The van der Waals surface area contributed by atoms with E-state index in [0.29, 0.717) is 0 Å². The molecule has 2 aromatic rings. The van der Waals surface area contributed by atoms with Crippen LogP contribution < -0.4 is 5.32 Å². The van der Waals surface area contributed by atoms with Gasteiger partial charge < -0.3 is 14.3 Å². The summed E-state index contributed by atoms with van der Waals surface area (Å²) in [7, 11) is 0. The molecule has 3 heteroatoms. The molecule has 0 atom stereocenters. The summed E-state index contributed by atoms with van der Waals surface area (Å²) in [4.78, 5) is 0. The minimum absolute atomic E-state index is 0.780. The summed E-state index contributed by atoms with van der Waals surface area (Å²) in [6.45, 7) is 4.82. The van der Waals surface area contributed by atoms with Gasteiger partial charge in [-0.2, -0.15) is 0 Å². The maximum atomic E-state index is 5.24. The highest BCUT2D eigenvalue weighted by Gasteiger charge is 1.99. The first-order valence-corrected chi connectivity index (χ1v) is 5.27. The van der Waals surface area contributed by atoms with Crippen LogP contribution in [0.4, 0.5) is 0 Å². The third kappa shape index (κ3) is 2.50. The third-order valence-electron chi connectivity index (χ3n) is 2.45. The molecule has 0 radical (unpaired) electrons. The van der Waals surface area contributed by atoms with Gasteiger partial charge in [0.15, 0.2) is 0 Å². The van der Waals surface area contributed by atoms with Gasteiger partial charge in [-0.1, -0.05) is 0 Å². The van der Waals surface area contributed by atoms with Crippen LogP contribution in [0.5, 0.6) is 0 Å². The zero-order valence-electron chi connectivity index (χ0n) is 8.94. The van der Waals surface area contributed by atoms with Gasteiger partial charge in [0.2, 0.25) is 0 Å². The Kier molecular flexibility index (Phi) is 3.25. The molecule has 0 aliphatic rings. The number of aromatic nitrogens is 1. The molecule has 0 fully saturated rings. The molecule has 0 spiro atoms. The largest absolute Gasteiger partial charge is 0.468 e. The van der Waals surface area contributed by atoms with Crippen LogP contribution in [-0.4, -0.2) is 4.57 Å². The maximum absolute atomic E-state index is 5.24. The zero-order valence-corrected chi connectivity index (χ0v) is 8.94. The Morgan fingerprint density at radius 2 is 2.20 bits per heavy atom. The molecule has 2 rings (SSSR count). The van der Waals surface area contributed by atoms with Crippen molar-refractivity contribution in [2.24, 2.45) is 0 Å². The first-order chi connectivity index (χ1) is 7.40. The number of nitrogens with one attached hydrogen (secondary N) is 1. The van der Waals surface area contributed by atoms with Gasteiger partial charge in [0.05, 0.1) is 12.8 Å². The lowest BCUT2D eigenvalue weighted by molar-refractivity contribution is 0.479. The molecule has 0 amide bonds. The summed E-state index contributed by atoms with van der Waals surface area (Å²) in [5.74, 6) is 0.976. The Bertz CT molecular complexity index is 389. The minimum Gasteiger partial charge on any atom is -0.468 e. The fourth-order valence-electron chi connectivity index (χ4n) is 1.65. The molecule has 0 aliphatic heterocycles. The summed E-state index contributed by atoms with van der Waals surface area (Å²) in [5, 5.41) is 3.35. The van der Waals surface area contributed by atoms with E-state index in [0.717, 1.165) is 25.4 Å². The lowest BCUT2D eigenvalue weighted by atomic mass is 10.4. The van der Waals surface area contributed by atoms with Gasteiger partial charge in [0.25, 0.3) is 0 Å². The third-order valence-corrected chi connectivity index (χ3v) is 2.45. The molecule has 0 unspecified atom stereocenters. The molecule has 15 heavy (non-hydrogen) atoms. The van der Waals surface area contributed by atoms with Crippen molar-refractivity contribution < 1.29 is 4.42 Å². The van der Waals surface area contributed by atoms with Crippen molar-refractivity contribution in [3.63, 3.8) is 0 Å². The second-order valence-corrected chi connectivity index (χ2v) is 3.47. The summed E-state index contributed by atoms with van der Waals surface area (Å²) in [6, 6.07) is 8.10. The van der Waals surface area contributed by atoms with Crippen molar-refractivity contribution in [2.45, 2.75) is 26.6 Å². The predicted octanol–water partition coefficient (Wildman–Crippen LogP) is 2.39. The van der Waals surface area contributed by atoms with Gasteiger partial charge in [-0.3, -0.25) is 0 Å². The number of aryl methyl sites for hydroxylation is 1. The van der Waals surface area contributed by atoms with Crippen molar-refractivity contribution in [3.05, 3.63) is 48.2 Å². The highest BCUT2D eigenvalue weighted by atomic mass is 16.3. The Balaban J connectivity index is 1.83. The summed E-state index contributed by atoms with van der Waals surface area (Å²) >= 11 is 0. The van der Waals surface area contributed by atoms with Crippen LogP contribution >= 0.6 is 0 Å². The van der Waals surface area contributed by atoms with E-state index < -0.39 is 0 Å². The Morgan fingerprint density at radius 1 is 1.27 bits per heavy atom.